The van der Waals surface area contributed by atoms with Crippen LogP contribution in [0.4, 0.5) is 0 Å². The number of hydrogen-bond donors (Lipinski definition) is 1. The molecule has 21 heavy (non-hydrogen) atoms. The van der Waals surface area contributed by atoms with E-state index in [4.69, 9.17) is 4.74 Å². The standard InChI is InChI=1S/C14H16N2O4S/c1-16(10-11-5-3-4-6-13(11)20-2)21(18,19)14-9-15-8-7-12(14)17/h3-9H,10H2,1-2H3,(H,15,17). The van der Waals surface area contributed by atoms with E-state index in [1.807, 2.05) is 0 Å². The molecule has 0 aliphatic heterocycles. The average molecular weight is 308 g/mol. The summed E-state index contributed by atoms with van der Waals surface area (Å²) in [5.74, 6) is 0.599. The molecule has 0 bridgehead atoms. The Balaban J connectivity index is 2.34. The predicted octanol–water partition coefficient (Wildman–Crippen LogP) is 1.20. The van der Waals surface area contributed by atoms with Crippen LogP contribution in [0.3, 0.4) is 0 Å². The molecule has 6 nitrogen and oxygen atoms in total. The maximum absolute atomic E-state index is 12.4. The van der Waals surface area contributed by atoms with Crippen molar-refractivity contribution in [2.75, 3.05) is 14.2 Å². The van der Waals surface area contributed by atoms with E-state index in [1.165, 1.54) is 32.6 Å². The van der Waals surface area contributed by atoms with E-state index in [9.17, 15) is 13.2 Å². The molecule has 0 aliphatic rings. The van der Waals surface area contributed by atoms with Crippen LogP contribution in [-0.2, 0) is 16.6 Å². The van der Waals surface area contributed by atoms with Crippen LogP contribution in [0.15, 0.2) is 52.4 Å². The van der Waals surface area contributed by atoms with Gasteiger partial charge in [0.15, 0.2) is 0 Å². The van der Waals surface area contributed by atoms with Crippen molar-refractivity contribution < 1.29 is 13.2 Å². The number of methoxy groups -OCH3 is 1. The van der Waals surface area contributed by atoms with Gasteiger partial charge in [-0.05, 0) is 6.07 Å². The van der Waals surface area contributed by atoms with Gasteiger partial charge >= 0.3 is 0 Å². The minimum atomic E-state index is -3.86. The summed E-state index contributed by atoms with van der Waals surface area (Å²) < 4.78 is 31.2. The molecule has 0 aliphatic carbocycles. The van der Waals surface area contributed by atoms with Gasteiger partial charge in [-0.2, -0.15) is 4.31 Å². The summed E-state index contributed by atoms with van der Waals surface area (Å²) in [4.78, 5) is 14.0. The summed E-state index contributed by atoms with van der Waals surface area (Å²) >= 11 is 0. The summed E-state index contributed by atoms with van der Waals surface area (Å²) in [6.07, 6.45) is 2.58. The van der Waals surface area contributed by atoms with Crippen molar-refractivity contribution in [3.8, 4) is 5.75 Å². The topological polar surface area (TPSA) is 79.5 Å². The van der Waals surface area contributed by atoms with Crippen molar-refractivity contribution in [3.63, 3.8) is 0 Å². The molecular formula is C14H16N2O4S. The molecule has 0 atom stereocenters. The third-order valence-electron chi connectivity index (χ3n) is 3.06. The second-order valence-corrected chi connectivity index (χ2v) is 6.46. The highest BCUT2D eigenvalue weighted by molar-refractivity contribution is 7.89. The van der Waals surface area contributed by atoms with Gasteiger partial charge < -0.3 is 9.72 Å². The SMILES string of the molecule is COc1ccccc1CN(C)S(=O)(=O)c1c[nH]ccc1=O. The van der Waals surface area contributed by atoms with Crippen molar-refractivity contribution in [2.24, 2.45) is 0 Å². The third kappa shape index (κ3) is 3.14. The number of para-hydroxylation sites is 1. The van der Waals surface area contributed by atoms with Gasteiger partial charge in [0, 0.05) is 37.6 Å². The third-order valence-corrected chi connectivity index (χ3v) is 4.89. The molecule has 7 heteroatoms. The number of nitrogens with one attached hydrogen (secondary N) is 1. The lowest BCUT2D eigenvalue weighted by Gasteiger charge is -2.18. The van der Waals surface area contributed by atoms with Crippen LogP contribution in [0.5, 0.6) is 5.75 Å². The zero-order valence-electron chi connectivity index (χ0n) is 11.7. The molecule has 0 spiro atoms. The molecule has 0 fully saturated rings. The molecule has 1 aromatic carbocycles. The molecule has 0 radical (unpaired) electrons. The van der Waals surface area contributed by atoms with Crippen molar-refractivity contribution in [1.29, 1.82) is 0 Å². The summed E-state index contributed by atoms with van der Waals surface area (Å²) in [6.45, 7) is 0.112. The van der Waals surface area contributed by atoms with Gasteiger partial charge in [0.25, 0.3) is 0 Å². The molecule has 1 aromatic heterocycles. The maximum Gasteiger partial charge on any atom is 0.248 e. The van der Waals surface area contributed by atoms with Crippen molar-refractivity contribution in [2.45, 2.75) is 11.4 Å². The summed E-state index contributed by atoms with van der Waals surface area (Å²) in [6, 6.07) is 8.32. The fourth-order valence-electron chi connectivity index (χ4n) is 1.93. The average Bonchev–Trinajstić information content (AvgIpc) is 2.48. The Morgan fingerprint density at radius 2 is 1.95 bits per heavy atom. The molecule has 1 heterocycles. The van der Waals surface area contributed by atoms with Gasteiger partial charge in [0.2, 0.25) is 15.5 Å². The zero-order valence-corrected chi connectivity index (χ0v) is 12.6. The Bertz CT molecular complexity index is 783. The number of pyridine rings is 1. The fourth-order valence-corrected chi connectivity index (χ4v) is 3.11. The van der Waals surface area contributed by atoms with Crippen LogP contribution in [0.2, 0.25) is 0 Å². The number of rotatable bonds is 5. The Morgan fingerprint density at radius 1 is 1.24 bits per heavy atom. The molecule has 1 N–H and O–H groups in total. The number of sulfonamides is 1. The van der Waals surface area contributed by atoms with E-state index in [1.54, 1.807) is 24.3 Å². The van der Waals surface area contributed by atoms with Crippen molar-refractivity contribution in [3.05, 3.63) is 58.5 Å². The molecular weight excluding hydrogens is 292 g/mol. The number of aromatic amines is 1. The highest BCUT2D eigenvalue weighted by Gasteiger charge is 2.24. The Hall–Kier alpha value is -2.12. The fraction of sp³-hybridized carbons (Fsp3) is 0.214. The van der Waals surface area contributed by atoms with Crippen LogP contribution < -0.4 is 10.2 Å². The van der Waals surface area contributed by atoms with E-state index in [-0.39, 0.29) is 11.4 Å². The first-order chi connectivity index (χ1) is 9.96. The molecule has 2 aromatic rings. The lowest BCUT2D eigenvalue weighted by Crippen LogP contribution is -2.30. The smallest absolute Gasteiger partial charge is 0.248 e. The minimum absolute atomic E-state index is 0.112. The lowest BCUT2D eigenvalue weighted by molar-refractivity contribution is 0.398. The van der Waals surface area contributed by atoms with Gasteiger partial charge in [-0.15, -0.1) is 0 Å². The highest BCUT2D eigenvalue weighted by atomic mass is 32.2. The van der Waals surface area contributed by atoms with Gasteiger partial charge in [-0.1, -0.05) is 18.2 Å². The van der Waals surface area contributed by atoms with E-state index in [2.05, 4.69) is 4.98 Å². The molecule has 2 rings (SSSR count). The summed E-state index contributed by atoms with van der Waals surface area (Å²) in [5.41, 5.74) is 0.180. The first-order valence-electron chi connectivity index (χ1n) is 6.22. The molecule has 0 saturated carbocycles. The van der Waals surface area contributed by atoms with Gasteiger partial charge in [-0.25, -0.2) is 8.42 Å². The molecule has 112 valence electrons. The van der Waals surface area contributed by atoms with E-state index in [0.29, 0.717) is 5.75 Å². The summed E-state index contributed by atoms with van der Waals surface area (Å²) in [5, 5.41) is 0. The second-order valence-electron chi connectivity index (χ2n) is 4.45. The lowest BCUT2D eigenvalue weighted by atomic mass is 10.2. The molecule has 0 saturated heterocycles. The Labute approximate surface area is 123 Å². The largest absolute Gasteiger partial charge is 0.496 e. The number of aromatic nitrogens is 1. The van der Waals surface area contributed by atoms with E-state index < -0.39 is 15.5 Å². The van der Waals surface area contributed by atoms with Crippen LogP contribution in [-0.4, -0.2) is 31.9 Å². The number of hydrogen-bond acceptors (Lipinski definition) is 4. The molecule has 0 amide bonds. The van der Waals surface area contributed by atoms with Crippen LogP contribution in [0.25, 0.3) is 0 Å². The number of H-pyrrole nitrogens is 1. The van der Waals surface area contributed by atoms with Gasteiger partial charge in [0.05, 0.1) is 7.11 Å². The van der Waals surface area contributed by atoms with Crippen LogP contribution in [0.1, 0.15) is 5.56 Å². The highest BCUT2D eigenvalue weighted by Crippen LogP contribution is 2.21. The van der Waals surface area contributed by atoms with Gasteiger partial charge in [0.1, 0.15) is 10.6 Å². The number of ether oxygens (including phenoxy) is 1. The Kier molecular flexibility index (Phi) is 4.44. The van der Waals surface area contributed by atoms with Crippen LogP contribution in [0, 0.1) is 0 Å². The van der Waals surface area contributed by atoms with Crippen molar-refractivity contribution >= 4 is 10.0 Å². The normalized spacial score (nSPS) is 11.6. The maximum atomic E-state index is 12.4. The number of nitrogens with zero attached hydrogens (tertiary/aromatic N) is 1. The minimum Gasteiger partial charge on any atom is -0.496 e. The van der Waals surface area contributed by atoms with E-state index >= 15 is 0 Å². The second kappa shape index (κ2) is 6.11. The predicted molar refractivity (Wildman–Crippen MR) is 78.7 cm³/mol. The van der Waals surface area contributed by atoms with Crippen molar-refractivity contribution in [1.82, 2.24) is 9.29 Å². The first-order valence-corrected chi connectivity index (χ1v) is 7.66. The quantitative estimate of drug-likeness (QED) is 0.900. The Morgan fingerprint density at radius 3 is 2.62 bits per heavy atom. The number of benzene rings is 1. The zero-order chi connectivity index (χ0) is 15.5. The van der Waals surface area contributed by atoms with Gasteiger partial charge in [-0.3, -0.25) is 4.79 Å². The molecule has 0 unspecified atom stereocenters. The summed E-state index contributed by atoms with van der Waals surface area (Å²) in [7, 11) is -0.911. The monoisotopic (exact) mass is 308 g/mol. The van der Waals surface area contributed by atoms with E-state index in [0.717, 1.165) is 9.87 Å². The first kappa shape index (κ1) is 15.3. The van der Waals surface area contributed by atoms with Crippen LogP contribution >= 0.6 is 0 Å².